The summed E-state index contributed by atoms with van der Waals surface area (Å²) in [6, 6.07) is 8.57. The first-order chi connectivity index (χ1) is 17.2. The fourth-order valence-electron chi connectivity index (χ4n) is 4.56. The lowest BCUT2D eigenvalue weighted by Crippen LogP contribution is -2.35. The Labute approximate surface area is 206 Å². The van der Waals surface area contributed by atoms with Crippen molar-refractivity contribution in [3.63, 3.8) is 0 Å². The molecule has 1 aromatic carbocycles. The van der Waals surface area contributed by atoms with Crippen LogP contribution in [0.15, 0.2) is 64.9 Å². The van der Waals surface area contributed by atoms with Crippen LogP contribution in [0.25, 0.3) is 22.0 Å². The van der Waals surface area contributed by atoms with Crippen LogP contribution in [-0.4, -0.2) is 35.3 Å². The van der Waals surface area contributed by atoms with E-state index in [0.717, 1.165) is 11.6 Å². The zero-order valence-electron chi connectivity index (χ0n) is 19.6. The third-order valence-corrected chi connectivity index (χ3v) is 8.40. The quantitative estimate of drug-likeness (QED) is 0.492. The normalized spacial score (nSPS) is 18.1. The molecule has 5 rings (SSSR count). The van der Waals surface area contributed by atoms with E-state index in [9.17, 15) is 26.8 Å². The van der Waals surface area contributed by atoms with Crippen LogP contribution in [0.5, 0.6) is 0 Å². The van der Waals surface area contributed by atoms with Crippen molar-refractivity contribution in [1.82, 2.24) is 14.3 Å². The van der Waals surface area contributed by atoms with E-state index >= 15 is 0 Å². The van der Waals surface area contributed by atoms with Crippen LogP contribution < -0.4 is 10.3 Å². The Balaban J connectivity index is 1.79. The number of H-pyrrole nitrogens is 1. The van der Waals surface area contributed by atoms with Gasteiger partial charge in [0.2, 0.25) is 10.0 Å². The van der Waals surface area contributed by atoms with Gasteiger partial charge in [0.1, 0.15) is 17.7 Å². The Morgan fingerprint density at radius 2 is 2.03 bits per heavy atom. The summed E-state index contributed by atoms with van der Waals surface area (Å²) in [5.41, 5.74) is 1.30. The number of rotatable bonds is 7. The first kappa shape index (κ1) is 24.2. The van der Waals surface area contributed by atoms with Gasteiger partial charge in [-0.25, -0.2) is 21.9 Å². The number of halogens is 2. The average Bonchev–Trinajstić information content (AvgIpc) is 3.66. The molecule has 0 spiro atoms. The van der Waals surface area contributed by atoms with Crippen molar-refractivity contribution in [1.29, 1.82) is 0 Å². The smallest absolute Gasteiger partial charge is 0.282 e. The van der Waals surface area contributed by atoms with E-state index in [1.807, 2.05) is 19.1 Å². The number of allylic oxidation sites excluding steroid dienone is 4. The van der Waals surface area contributed by atoms with Crippen LogP contribution in [-0.2, 0) is 23.0 Å². The minimum Gasteiger partial charge on any atom is -0.331 e. The van der Waals surface area contributed by atoms with Gasteiger partial charge in [0.25, 0.3) is 11.5 Å². The molecule has 36 heavy (non-hydrogen) atoms. The van der Waals surface area contributed by atoms with Gasteiger partial charge in [0.05, 0.1) is 11.8 Å². The number of amides is 1. The molecule has 0 radical (unpaired) electrons. The number of fused-ring (bicyclic) bond motifs is 1. The number of hydrogen-bond donors (Lipinski definition) is 2. The van der Waals surface area contributed by atoms with Gasteiger partial charge in [0.15, 0.2) is 0 Å². The van der Waals surface area contributed by atoms with Gasteiger partial charge >= 0.3 is 0 Å². The van der Waals surface area contributed by atoms with Crippen molar-refractivity contribution >= 4 is 26.8 Å². The zero-order chi connectivity index (χ0) is 25.6. The molecule has 2 aliphatic carbocycles. The fraction of sp³-hybridized carbons (Fsp3) is 0.308. The van der Waals surface area contributed by atoms with Crippen LogP contribution in [0.3, 0.4) is 0 Å². The number of hydrogen-bond acceptors (Lipinski definition) is 4. The zero-order valence-corrected chi connectivity index (χ0v) is 20.4. The summed E-state index contributed by atoms with van der Waals surface area (Å²) < 4.78 is 57.8. The third-order valence-electron chi connectivity index (χ3n) is 6.58. The van der Waals surface area contributed by atoms with E-state index in [2.05, 4.69) is 9.71 Å². The number of sulfonamides is 1. The highest BCUT2D eigenvalue weighted by molar-refractivity contribution is 7.91. The largest absolute Gasteiger partial charge is 0.331 e. The maximum atomic E-state index is 14.7. The molecule has 2 heterocycles. The van der Waals surface area contributed by atoms with E-state index in [1.165, 1.54) is 16.8 Å². The van der Waals surface area contributed by atoms with Gasteiger partial charge in [-0.2, -0.15) is 0 Å². The Hall–Kier alpha value is -3.53. The summed E-state index contributed by atoms with van der Waals surface area (Å²) in [6.07, 6.45) is 3.90. The second-order valence-electron chi connectivity index (χ2n) is 9.10. The standard InChI is InChI=1S/C26H25F2N3O4S/c1-2-15-5-10-22-20(12-15)23(19-4-3-11-29-25(19)32)24(26(33)30-36(34,35)18-7-8-18)31(22)14-16-13-17(27)6-9-21(16)28/h3-5,9-13,17-18H,2,6-8,14H2,1H3,(H,29,32)(H,30,33). The first-order valence-corrected chi connectivity index (χ1v) is 13.3. The Morgan fingerprint density at radius 1 is 1.25 bits per heavy atom. The maximum absolute atomic E-state index is 14.7. The van der Waals surface area contributed by atoms with E-state index in [-0.39, 0.29) is 35.4 Å². The van der Waals surface area contributed by atoms with Gasteiger partial charge in [-0.3, -0.25) is 9.59 Å². The van der Waals surface area contributed by atoms with Crippen molar-refractivity contribution in [2.45, 2.75) is 50.6 Å². The lowest BCUT2D eigenvalue weighted by atomic mass is 10.0. The van der Waals surface area contributed by atoms with Crippen molar-refractivity contribution in [2.24, 2.45) is 0 Å². The van der Waals surface area contributed by atoms with Crippen LogP contribution in [0.4, 0.5) is 8.78 Å². The predicted octanol–water partition coefficient (Wildman–Crippen LogP) is 4.30. The van der Waals surface area contributed by atoms with E-state index in [0.29, 0.717) is 30.2 Å². The summed E-state index contributed by atoms with van der Waals surface area (Å²) in [7, 11) is -3.92. The summed E-state index contributed by atoms with van der Waals surface area (Å²) in [5, 5.41) is -0.110. The summed E-state index contributed by atoms with van der Waals surface area (Å²) in [4.78, 5) is 29.0. The second-order valence-corrected chi connectivity index (χ2v) is 11.1. The van der Waals surface area contributed by atoms with Gasteiger partial charge < -0.3 is 9.55 Å². The second kappa shape index (κ2) is 9.16. The number of alkyl halides is 1. The molecule has 10 heteroatoms. The van der Waals surface area contributed by atoms with E-state index < -0.39 is 38.7 Å². The van der Waals surface area contributed by atoms with Crippen LogP contribution in [0.2, 0.25) is 0 Å². The van der Waals surface area contributed by atoms with Crippen LogP contribution in [0, 0.1) is 0 Å². The molecule has 1 amide bonds. The van der Waals surface area contributed by atoms with Gasteiger partial charge in [-0.15, -0.1) is 0 Å². The molecule has 3 aromatic rings. The van der Waals surface area contributed by atoms with Crippen molar-refractivity contribution in [2.75, 3.05) is 0 Å². The molecule has 2 aromatic heterocycles. The molecule has 0 aliphatic heterocycles. The number of aromatic nitrogens is 2. The third kappa shape index (κ3) is 4.41. The molecular weight excluding hydrogens is 488 g/mol. The minimum atomic E-state index is -3.92. The molecule has 1 saturated carbocycles. The fourth-order valence-corrected chi connectivity index (χ4v) is 5.84. The van der Waals surface area contributed by atoms with Gasteiger partial charge in [-0.05, 0) is 61.2 Å². The first-order valence-electron chi connectivity index (χ1n) is 11.8. The van der Waals surface area contributed by atoms with Crippen molar-refractivity contribution < 1.29 is 22.0 Å². The highest BCUT2D eigenvalue weighted by Gasteiger charge is 2.38. The lowest BCUT2D eigenvalue weighted by Gasteiger charge is -2.17. The molecular formula is C26H25F2N3O4S. The molecule has 2 aliphatic rings. The number of carbonyl (C=O) groups is 1. The Morgan fingerprint density at radius 3 is 2.72 bits per heavy atom. The number of aryl methyl sites for hydroxylation is 1. The minimum absolute atomic E-state index is 0.0397. The number of carbonyl (C=O) groups excluding carboxylic acids is 1. The molecule has 0 bridgehead atoms. The Kier molecular flexibility index (Phi) is 6.15. The number of nitrogens with zero attached hydrogens (tertiary/aromatic N) is 1. The number of aromatic amines is 1. The topological polar surface area (TPSA) is 101 Å². The number of pyridine rings is 1. The maximum Gasteiger partial charge on any atom is 0.282 e. The predicted molar refractivity (Wildman–Crippen MR) is 134 cm³/mol. The summed E-state index contributed by atoms with van der Waals surface area (Å²) in [6.45, 7) is 1.74. The molecule has 2 N–H and O–H groups in total. The summed E-state index contributed by atoms with van der Waals surface area (Å²) in [5.74, 6) is -1.53. The summed E-state index contributed by atoms with van der Waals surface area (Å²) >= 11 is 0. The number of benzene rings is 1. The van der Waals surface area contributed by atoms with E-state index in [1.54, 1.807) is 18.2 Å². The number of nitrogens with one attached hydrogen (secondary N) is 2. The van der Waals surface area contributed by atoms with E-state index in [4.69, 9.17) is 0 Å². The van der Waals surface area contributed by atoms with Crippen LogP contribution in [0.1, 0.15) is 42.2 Å². The van der Waals surface area contributed by atoms with Gasteiger partial charge in [-0.1, -0.05) is 13.0 Å². The average molecular weight is 514 g/mol. The Bertz CT molecular complexity index is 1600. The SMILES string of the molecule is CCc1ccc2c(c1)c(-c1ccc[nH]c1=O)c(C(=O)NS(=O)(=O)C1CC1)n2CC1=CC(F)CC=C1F. The van der Waals surface area contributed by atoms with Gasteiger partial charge in [0, 0.05) is 40.2 Å². The molecule has 1 atom stereocenters. The molecule has 1 fully saturated rings. The lowest BCUT2D eigenvalue weighted by molar-refractivity contribution is 0.0973. The van der Waals surface area contributed by atoms with Crippen molar-refractivity contribution in [3.05, 3.63) is 81.7 Å². The molecule has 0 saturated heterocycles. The van der Waals surface area contributed by atoms with Crippen LogP contribution >= 0.6 is 0 Å². The molecule has 7 nitrogen and oxygen atoms in total. The monoisotopic (exact) mass is 513 g/mol. The highest BCUT2D eigenvalue weighted by Crippen LogP contribution is 2.37. The van der Waals surface area contributed by atoms with Crippen molar-refractivity contribution in [3.8, 4) is 11.1 Å². The molecule has 1 unspecified atom stereocenters. The highest BCUT2D eigenvalue weighted by atomic mass is 32.2. The molecule has 188 valence electrons.